The maximum absolute atomic E-state index is 5.70. The fourth-order valence-electron chi connectivity index (χ4n) is 6.08. The van der Waals surface area contributed by atoms with E-state index in [0.29, 0.717) is 18.1 Å². The number of rotatable bonds is 6. The average Bonchev–Trinajstić information content (AvgIpc) is 3.43. The van der Waals surface area contributed by atoms with Gasteiger partial charge in [-0.15, -0.1) is 0 Å². The van der Waals surface area contributed by atoms with Gasteiger partial charge in [0, 0.05) is 44.3 Å². The Kier molecular flexibility index (Phi) is 7.89. The highest BCUT2D eigenvalue weighted by atomic mass is 16.5. The Balaban J connectivity index is 1.43. The number of morpholine rings is 2. The van der Waals surface area contributed by atoms with E-state index >= 15 is 0 Å². The zero-order chi connectivity index (χ0) is 22.5. The van der Waals surface area contributed by atoms with Crippen LogP contribution in [0.4, 0.5) is 5.69 Å². The Morgan fingerprint density at radius 2 is 1.30 bits per heavy atom. The van der Waals surface area contributed by atoms with Crippen molar-refractivity contribution in [3.63, 3.8) is 0 Å². The van der Waals surface area contributed by atoms with Gasteiger partial charge >= 0.3 is 0 Å². The summed E-state index contributed by atoms with van der Waals surface area (Å²) in [5.41, 5.74) is 0.888. The maximum Gasteiger partial charge on any atom is 0.119 e. The molecule has 1 saturated carbocycles. The number of ether oxygens (including phenoxy) is 3. The van der Waals surface area contributed by atoms with Gasteiger partial charge in [0.15, 0.2) is 0 Å². The summed E-state index contributed by atoms with van der Waals surface area (Å²) in [6.45, 7) is 9.70. The lowest BCUT2D eigenvalue weighted by molar-refractivity contribution is -0.0479. The minimum Gasteiger partial charge on any atom is -0.497 e. The van der Waals surface area contributed by atoms with E-state index in [9.17, 15) is 0 Å². The molecule has 0 radical (unpaired) electrons. The molecule has 4 fully saturated rings. The number of benzene rings is 1. The molecule has 3 aliphatic heterocycles. The second kappa shape index (κ2) is 11.2. The number of likely N-dealkylation sites (tertiary alicyclic amines) is 1. The second-order valence-electron chi connectivity index (χ2n) is 9.70. The second-order valence-corrected chi connectivity index (χ2v) is 9.70. The third kappa shape index (κ3) is 5.57. The fourth-order valence-corrected chi connectivity index (χ4v) is 6.08. The summed E-state index contributed by atoms with van der Waals surface area (Å²) in [5.74, 6) is 0.845. The highest BCUT2D eigenvalue weighted by molar-refractivity contribution is 5.40. The molecule has 1 aromatic rings. The van der Waals surface area contributed by atoms with Crippen LogP contribution in [0.15, 0.2) is 34.5 Å². The molecule has 33 heavy (non-hydrogen) atoms. The SMILES string of the molecule is COc1ccc(N=NC2C(N3CCOCC3)CC(N3CCCC3)CC2N2CCOCC2)cc1. The van der Waals surface area contributed by atoms with Crippen LogP contribution < -0.4 is 4.74 Å². The number of azo groups is 1. The van der Waals surface area contributed by atoms with Gasteiger partial charge in [0.25, 0.3) is 0 Å². The quantitative estimate of drug-likeness (QED) is 0.612. The molecule has 0 bridgehead atoms. The van der Waals surface area contributed by atoms with Crippen molar-refractivity contribution in [1.29, 1.82) is 0 Å². The van der Waals surface area contributed by atoms with Gasteiger partial charge in [0.2, 0.25) is 0 Å². The van der Waals surface area contributed by atoms with Gasteiger partial charge in [-0.1, -0.05) is 0 Å². The number of methoxy groups -OCH3 is 1. The first-order valence-electron chi connectivity index (χ1n) is 12.7. The summed E-state index contributed by atoms with van der Waals surface area (Å²) >= 11 is 0. The topological polar surface area (TPSA) is 62.1 Å². The molecule has 0 N–H and O–H groups in total. The Morgan fingerprint density at radius 3 is 1.82 bits per heavy atom. The molecule has 0 aromatic heterocycles. The van der Waals surface area contributed by atoms with Gasteiger partial charge in [0.05, 0.1) is 39.2 Å². The van der Waals surface area contributed by atoms with Gasteiger partial charge < -0.3 is 19.1 Å². The van der Waals surface area contributed by atoms with Crippen LogP contribution >= 0.6 is 0 Å². The third-order valence-electron chi connectivity index (χ3n) is 7.88. The molecule has 1 aromatic carbocycles. The molecule has 5 rings (SSSR count). The maximum atomic E-state index is 5.70. The van der Waals surface area contributed by atoms with E-state index in [1.165, 1.54) is 38.8 Å². The van der Waals surface area contributed by atoms with Crippen molar-refractivity contribution in [3.8, 4) is 5.75 Å². The van der Waals surface area contributed by atoms with E-state index in [4.69, 9.17) is 24.4 Å². The number of hydrogen-bond donors (Lipinski definition) is 0. The van der Waals surface area contributed by atoms with Crippen molar-refractivity contribution >= 4 is 5.69 Å². The van der Waals surface area contributed by atoms with Gasteiger partial charge in [0.1, 0.15) is 11.8 Å². The largest absolute Gasteiger partial charge is 0.497 e. The predicted octanol–water partition coefficient (Wildman–Crippen LogP) is 2.81. The van der Waals surface area contributed by atoms with Gasteiger partial charge in [-0.3, -0.25) is 9.80 Å². The van der Waals surface area contributed by atoms with E-state index in [1.54, 1.807) is 7.11 Å². The Morgan fingerprint density at radius 1 is 0.758 bits per heavy atom. The van der Waals surface area contributed by atoms with E-state index in [0.717, 1.165) is 64.0 Å². The van der Waals surface area contributed by atoms with Crippen LogP contribution in [0.1, 0.15) is 25.7 Å². The molecule has 3 saturated heterocycles. The zero-order valence-electron chi connectivity index (χ0n) is 20.0. The van der Waals surface area contributed by atoms with Crippen LogP contribution in [-0.4, -0.2) is 112 Å². The van der Waals surface area contributed by atoms with E-state index in [1.807, 2.05) is 24.3 Å². The van der Waals surface area contributed by atoms with Crippen LogP contribution in [0.2, 0.25) is 0 Å². The lowest BCUT2D eigenvalue weighted by Crippen LogP contribution is -2.63. The van der Waals surface area contributed by atoms with Crippen molar-refractivity contribution in [2.45, 2.75) is 49.9 Å². The van der Waals surface area contributed by atoms with Crippen LogP contribution in [0.25, 0.3) is 0 Å². The Bertz CT molecular complexity index is 730. The Hall–Kier alpha value is -1.58. The summed E-state index contributed by atoms with van der Waals surface area (Å²) in [6, 6.07) is 9.46. The minimum absolute atomic E-state index is 0.155. The van der Waals surface area contributed by atoms with Gasteiger partial charge in [-0.2, -0.15) is 10.2 Å². The summed E-state index contributed by atoms with van der Waals surface area (Å²) < 4.78 is 16.7. The summed E-state index contributed by atoms with van der Waals surface area (Å²) in [7, 11) is 1.69. The van der Waals surface area contributed by atoms with E-state index in [2.05, 4.69) is 14.7 Å². The summed E-state index contributed by atoms with van der Waals surface area (Å²) in [5, 5.41) is 9.84. The van der Waals surface area contributed by atoms with Crippen LogP contribution in [-0.2, 0) is 9.47 Å². The van der Waals surface area contributed by atoms with Crippen molar-refractivity contribution < 1.29 is 14.2 Å². The average molecular weight is 458 g/mol. The minimum atomic E-state index is 0.155. The molecule has 2 unspecified atom stereocenters. The number of hydrogen-bond acceptors (Lipinski definition) is 8. The van der Waals surface area contributed by atoms with Crippen molar-refractivity contribution in [1.82, 2.24) is 14.7 Å². The van der Waals surface area contributed by atoms with Crippen molar-refractivity contribution in [3.05, 3.63) is 24.3 Å². The summed E-state index contributed by atoms with van der Waals surface area (Å²) in [4.78, 5) is 8.02. The first kappa shape index (κ1) is 23.2. The zero-order valence-corrected chi connectivity index (χ0v) is 20.0. The molecule has 1 aliphatic carbocycles. The predicted molar refractivity (Wildman–Crippen MR) is 127 cm³/mol. The molecular weight excluding hydrogens is 418 g/mol. The highest BCUT2D eigenvalue weighted by Gasteiger charge is 2.45. The van der Waals surface area contributed by atoms with Crippen LogP contribution in [0, 0.1) is 0 Å². The lowest BCUT2D eigenvalue weighted by Gasteiger charge is -2.50. The molecule has 182 valence electrons. The third-order valence-corrected chi connectivity index (χ3v) is 7.88. The summed E-state index contributed by atoms with van der Waals surface area (Å²) in [6.07, 6.45) is 5.02. The Labute approximate surface area is 197 Å². The van der Waals surface area contributed by atoms with Gasteiger partial charge in [-0.25, -0.2) is 0 Å². The molecule has 2 atom stereocenters. The monoisotopic (exact) mass is 457 g/mol. The first-order valence-corrected chi connectivity index (χ1v) is 12.7. The number of nitrogens with zero attached hydrogens (tertiary/aromatic N) is 5. The van der Waals surface area contributed by atoms with Crippen molar-refractivity contribution in [2.75, 3.05) is 72.8 Å². The molecule has 0 spiro atoms. The normalized spacial score (nSPS) is 33.0. The molecule has 0 amide bonds. The smallest absolute Gasteiger partial charge is 0.119 e. The standard InChI is InChI=1S/C25H39N5O3/c1-31-22-6-4-20(5-7-22)26-27-25-23(29-10-14-32-15-11-29)18-21(28-8-2-3-9-28)19-24(25)30-12-16-33-17-13-30/h4-7,21,23-25H,2-3,8-19H2,1H3. The molecule has 4 aliphatic rings. The molecule has 3 heterocycles. The van der Waals surface area contributed by atoms with E-state index < -0.39 is 0 Å². The first-order chi connectivity index (χ1) is 16.3. The van der Waals surface area contributed by atoms with Gasteiger partial charge in [-0.05, 0) is 63.0 Å². The highest BCUT2D eigenvalue weighted by Crippen LogP contribution is 2.35. The van der Waals surface area contributed by atoms with E-state index in [-0.39, 0.29) is 6.04 Å². The lowest BCUT2D eigenvalue weighted by atomic mass is 9.80. The molecular formula is C25H39N5O3. The molecule has 8 nitrogen and oxygen atoms in total. The fraction of sp³-hybridized carbons (Fsp3) is 0.760. The molecule has 8 heteroatoms. The van der Waals surface area contributed by atoms with Crippen LogP contribution in [0.3, 0.4) is 0 Å². The van der Waals surface area contributed by atoms with Crippen molar-refractivity contribution in [2.24, 2.45) is 10.2 Å². The van der Waals surface area contributed by atoms with Crippen LogP contribution in [0.5, 0.6) is 5.75 Å².